The second-order valence-electron chi connectivity index (χ2n) is 4.57. The summed E-state index contributed by atoms with van der Waals surface area (Å²) in [4.78, 5) is 3.78. The van der Waals surface area contributed by atoms with E-state index in [0.29, 0.717) is 12.1 Å². The zero-order chi connectivity index (χ0) is 15.4. The summed E-state index contributed by atoms with van der Waals surface area (Å²) < 4.78 is 41.4. The highest BCUT2D eigenvalue weighted by Crippen LogP contribution is 2.26. The molecule has 1 heterocycles. The van der Waals surface area contributed by atoms with Gasteiger partial charge in [0.15, 0.2) is 0 Å². The molecule has 0 amide bonds. The van der Waals surface area contributed by atoms with E-state index in [0.717, 1.165) is 6.20 Å². The lowest BCUT2D eigenvalue weighted by atomic mass is 9.99. The maximum atomic E-state index is 14.1. The molecule has 0 fully saturated rings. The van der Waals surface area contributed by atoms with Crippen LogP contribution in [-0.2, 0) is 6.42 Å². The maximum Gasteiger partial charge on any atom is 0.143 e. The minimum Gasteiger partial charge on any atom is -0.310 e. The Morgan fingerprint density at radius 3 is 2.67 bits per heavy atom. The van der Waals surface area contributed by atoms with Gasteiger partial charge in [0.1, 0.15) is 17.5 Å². The second-order valence-corrected chi connectivity index (χ2v) is 5.43. The highest BCUT2D eigenvalue weighted by molar-refractivity contribution is 9.10. The molecule has 2 rings (SSSR count). The molecular weight excluding hydrogens is 345 g/mol. The van der Waals surface area contributed by atoms with Crippen molar-refractivity contribution in [3.05, 3.63) is 63.6 Å². The molecule has 2 aromatic rings. The molecule has 0 bridgehead atoms. The minimum atomic E-state index is -0.637. The topological polar surface area (TPSA) is 24.9 Å². The summed E-state index contributed by atoms with van der Waals surface area (Å²) >= 11 is 3.04. The number of aromatic nitrogens is 1. The van der Waals surface area contributed by atoms with E-state index in [1.165, 1.54) is 24.4 Å². The lowest BCUT2D eigenvalue weighted by Gasteiger charge is -2.19. The monoisotopic (exact) mass is 358 g/mol. The zero-order valence-corrected chi connectivity index (χ0v) is 12.9. The van der Waals surface area contributed by atoms with Gasteiger partial charge in [-0.3, -0.25) is 4.98 Å². The third kappa shape index (κ3) is 3.83. The number of halogens is 4. The summed E-state index contributed by atoms with van der Waals surface area (Å²) in [5.74, 6) is -1.74. The first-order valence-corrected chi connectivity index (χ1v) is 7.28. The zero-order valence-electron chi connectivity index (χ0n) is 11.3. The summed E-state index contributed by atoms with van der Waals surface area (Å²) in [6, 6.07) is 3.42. The van der Waals surface area contributed by atoms with Crippen molar-refractivity contribution in [2.75, 3.05) is 6.54 Å². The number of likely N-dealkylation sites (N-methyl/N-ethyl adjacent to an activating group) is 1. The van der Waals surface area contributed by atoms with Gasteiger partial charge < -0.3 is 5.32 Å². The molecule has 112 valence electrons. The third-order valence-corrected chi connectivity index (χ3v) is 3.74. The first-order chi connectivity index (χ1) is 10.0. The summed E-state index contributed by atoms with van der Waals surface area (Å²) in [7, 11) is 0. The van der Waals surface area contributed by atoms with Crippen LogP contribution in [0.3, 0.4) is 0 Å². The minimum absolute atomic E-state index is 0.0420. The van der Waals surface area contributed by atoms with Crippen LogP contribution in [0.4, 0.5) is 13.2 Å². The molecule has 0 saturated heterocycles. The molecule has 0 aliphatic carbocycles. The van der Waals surface area contributed by atoms with E-state index in [1.54, 1.807) is 0 Å². The molecule has 1 atom stereocenters. The molecule has 1 N–H and O–H groups in total. The van der Waals surface area contributed by atoms with Crippen LogP contribution in [0.25, 0.3) is 0 Å². The van der Waals surface area contributed by atoms with E-state index >= 15 is 0 Å². The van der Waals surface area contributed by atoms with E-state index in [2.05, 4.69) is 26.2 Å². The van der Waals surface area contributed by atoms with Crippen molar-refractivity contribution in [1.82, 2.24) is 10.3 Å². The number of rotatable bonds is 5. The Hall–Kier alpha value is -1.40. The van der Waals surface area contributed by atoms with E-state index in [4.69, 9.17) is 0 Å². The van der Waals surface area contributed by atoms with Crippen molar-refractivity contribution >= 4 is 15.9 Å². The van der Waals surface area contributed by atoms with Crippen molar-refractivity contribution in [1.29, 1.82) is 0 Å². The number of hydrogen-bond donors (Lipinski definition) is 1. The van der Waals surface area contributed by atoms with Crippen LogP contribution < -0.4 is 5.32 Å². The van der Waals surface area contributed by atoms with Gasteiger partial charge in [-0.15, -0.1) is 0 Å². The quantitative estimate of drug-likeness (QED) is 0.812. The molecule has 1 aromatic heterocycles. The van der Waals surface area contributed by atoms with E-state index in [1.807, 2.05) is 6.92 Å². The van der Waals surface area contributed by atoms with Gasteiger partial charge in [-0.05, 0) is 52.7 Å². The smallest absolute Gasteiger partial charge is 0.143 e. The number of pyridine rings is 1. The van der Waals surface area contributed by atoms with Crippen molar-refractivity contribution in [3.63, 3.8) is 0 Å². The predicted octanol–water partition coefficient (Wildman–Crippen LogP) is 4.15. The molecule has 0 spiro atoms. The van der Waals surface area contributed by atoms with Crippen LogP contribution in [0.1, 0.15) is 24.1 Å². The summed E-state index contributed by atoms with van der Waals surface area (Å²) in [5.41, 5.74) is 0.509. The Balaban J connectivity index is 2.35. The predicted molar refractivity (Wildman–Crippen MR) is 78.4 cm³/mol. The summed E-state index contributed by atoms with van der Waals surface area (Å²) in [6.45, 7) is 2.45. The summed E-state index contributed by atoms with van der Waals surface area (Å²) in [5, 5.41) is 3.09. The van der Waals surface area contributed by atoms with Gasteiger partial charge in [-0.1, -0.05) is 6.92 Å². The lowest BCUT2D eigenvalue weighted by Crippen LogP contribution is -2.24. The van der Waals surface area contributed by atoms with Gasteiger partial charge in [0, 0.05) is 17.8 Å². The van der Waals surface area contributed by atoms with E-state index in [9.17, 15) is 13.2 Å². The molecule has 21 heavy (non-hydrogen) atoms. The van der Waals surface area contributed by atoms with Gasteiger partial charge >= 0.3 is 0 Å². The van der Waals surface area contributed by atoms with E-state index < -0.39 is 23.5 Å². The Morgan fingerprint density at radius 1 is 1.24 bits per heavy atom. The van der Waals surface area contributed by atoms with Gasteiger partial charge in [-0.25, -0.2) is 13.2 Å². The molecule has 6 heteroatoms. The second kappa shape index (κ2) is 7.04. The van der Waals surface area contributed by atoms with E-state index in [-0.39, 0.29) is 16.5 Å². The number of nitrogens with zero attached hydrogens (tertiary/aromatic N) is 1. The van der Waals surface area contributed by atoms with Crippen molar-refractivity contribution in [2.24, 2.45) is 0 Å². The fourth-order valence-corrected chi connectivity index (χ4v) is 2.50. The van der Waals surface area contributed by atoms with Crippen LogP contribution in [-0.4, -0.2) is 11.5 Å². The standard InChI is InChI=1S/C15H14BrF3N2/c1-2-21-14(9-5-10(17)8-20-7-9)6-11-13(18)4-3-12(16)15(11)19/h3-5,7-8,14,21H,2,6H2,1H3. The number of hydrogen-bond acceptors (Lipinski definition) is 2. The molecular formula is C15H14BrF3N2. The number of nitrogens with one attached hydrogen (secondary N) is 1. The van der Waals surface area contributed by atoms with Gasteiger partial charge in [-0.2, -0.15) is 0 Å². The molecule has 1 unspecified atom stereocenters. The molecule has 0 radical (unpaired) electrons. The lowest BCUT2D eigenvalue weighted by molar-refractivity contribution is 0.494. The average molecular weight is 359 g/mol. The fraction of sp³-hybridized carbons (Fsp3) is 0.267. The van der Waals surface area contributed by atoms with Crippen LogP contribution in [0.5, 0.6) is 0 Å². The maximum absolute atomic E-state index is 14.1. The van der Waals surface area contributed by atoms with Gasteiger partial charge in [0.05, 0.1) is 10.7 Å². The SMILES string of the molecule is CCNC(Cc1c(F)ccc(Br)c1F)c1cncc(F)c1. The molecule has 0 saturated carbocycles. The fourth-order valence-electron chi connectivity index (χ4n) is 2.13. The third-order valence-electron chi connectivity index (χ3n) is 3.13. The largest absolute Gasteiger partial charge is 0.310 e. The summed E-state index contributed by atoms with van der Waals surface area (Å²) in [6.07, 6.45) is 2.65. The Kier molecular flexibility index (Phi) is 5.36. The Labute approximate surface area is 129 Å². The normalized spacial score (nSPS) is 12.4. The van der Waals surface area contributed by atoms with Crippen LogP contribution in [0.15, 0.2) is 35.1 Å². The van der Waals surface area contributed by atoms with Gasteiger partial charge in [0.2, 0.25) is 0 Å². The number of benzene rings is 1. The van der Waals surface area contributed by atoms with Crippen molar-refractivity contribution < 1.29 is 13.2 Å². The van der Waals surface area contributed by atoms with Crippen molar-refractivity contribution in [2.45, 2.75) is 19.4 Å². The average Bonchev–Trinajstić information content (AvgIpc) is 2.46. The highest BCUT2D eigenvalue weighted by Gasteiger charge is 2.19. The van der Waals surface area contributed by atoms with Gasteiger partial charge in [0.25, 0.3) is 0 Å². The molecule has 1 aromatic carbocycles. The first-order valence-electron chi connectivity index (χ1n) is 6.49. The first kappa shape index (κ1) is 16.0. The van der Waals surface area contributed by atoms with Crippen LogP contribution in [0, 0.1) is 17.5 Å². The molecule has 0 aliphatic heterocycles. The Bertz CT molecular complexity index is 634. The van der Waals surface area contributed by atoms with Crippen LogP contribution in [0.2, 0.25) is 0 Å². The molecule has 2 nitrogen and oxygen atoms in total. The Morgan fingerprint density at radius 2 is 2.00 bits per heavy atom. The molecule has 0 aliphatic rings. The van der Waals surface area contributed by atoms with Crippen molar-refractivity contribution in [3.8, 4) is 0 Å². The highest BCUT2D eigenvalue weighted by atomic mass is 79.9. The van der Waals surface area contributed by atoms with Crippen LogP contribution >= 0.6 is 15.9 Å².